The maximum Gasteiger partial charge on any atom is 0.0712 e. The van der Waals surface area contributed by atoms with Gasteiger partial charge in [0.1, 0.15) is 0 Å². The van der Waals surface area contributed by atoms with Crippen LogP contribution in [0.25, 0.3) is 23.1 Å². The van der Waals surface area contributed by atoms with Gasteiger partial charge in [0.15, 0.2) is 0 Å². The molecule has 0 bridgehead atoms. The van der Waals surface area contributed by atoms with Crippen LogP contribution < -0.4 is 10.6 Å². The van der Waals surface area contributed by atoms with Gasteiger partial charge in [-0.1, -0.05) is 73.7 Å². The van der Waals surface area contributed by atoms with E-state index in [0.717, 1.165) is 6.42 Å². The lowest BCUT2D eigenvalue weighted by Gasteiger charge is -2.13. The van der Waals surface area contributed by atoms with E-state index in [4.69, 9.17) is 0 Å². The molecule has 0 radical (unpaired) electrons. The average Bonchev–Trinajstić information content (AvgIpc) is 2.68. The number of rotatable bonds is 2. The number of benzene rings is 1. The molecule has 1 nitrogen and oxygen atoms in total. The first-order valence-corrected chi connectivity index (χ1v) is 7.64. The van der Waals surface area contributed by atoms with E-state index in [1.807, 2.05) is 0 Å². The molecule has 1 aromatic heterocycles. The minimum Gasteiger partial charge on any atom is -0.330 e. The molecule has 0 unspecified atom stereocenters. The lowest BCUT2D eigenvalue weighted by atomic mass is 10.2. The number of fused-ring (bicyclic) bond motifs is 1. The van der Waals surface area contributed by atoms with Gasteiger partial charge >= 0.3 is 0 Å². The van der Waals surface area contributed by atoms with Gasteiger partial charge in [-0.05, 0) is 19.4 Å². The van der Waals surface area contributed by atoms with Gasteiger partial charge in [0, 0.05) is 21.5 Å². The molecule has 106 valence electrons. The highest BCUT2D eigenvalue weighted by Gasteiger charge is 2.11. The summed E-state index contributed by atoms with van der Waals surface area (Å²) in [4.78, 5) is 0. The number of para-hydroxylation sites is 1. The molecule has 1 heteroatoms. The van der Waals surface area contributed by atoms with Crippen molar-refractivity contribution < 1.29 is 0 Å². The van der Waals surface area contributed by atoms with E-state index in [1.54, 1.807) is 0 Å². The van der Waals surface area contributed by atoms with Crippen LogP contribution in [0.4, 0.5) is 0 Å². The molecule has 2 aromatic rings. The Bertz CT molecular complexity index is 828. The van der Waals surface area contributed by atoms with Gasteiger partial charge in [-0.25, -0.2) is 0 Å². The van der Waals surface area contributed by atoms with Crippen molar-refractivity contribution in [2.75, 3.05) is 0 Å². The summed E-state index contributed by atoms with van der Waals surface area (Å²) in [7, 11) is 0. The topological polar surface area (TPSA) is 4.93 Å². The fraction of sp³-hybridized carbons (Fsp3) is 0.200. The van der Waals surface area contributed by atoms with Gasteiger partial charge in [-0.15, -0.1) is 0 Å². The van der Waals surface area contributed by atoms with Gasteiger partial charge < -0.3 is 4.57 Å². The fourth-order valence-electron chi connectivity index (χ4n) is 3.06. The quantitative estimate of drug-likeness (QED) is 0.784. The molecule has 0 N–H and O–H groups in total. The van der Waals surface area contributed by atoms with Crippen LogP contribution in [0.5, 0.6) is 0 Å². The van der Waals surface area contributed by atoms with E-state index in [2.05, 4.69) is 91.3 Å². The molecule has 0 atom stereocenters. The molecule has 0 saturated heterocycles. The van der Waals surface area contributed by atoms with Crippen molar-refractivity contribution in [2.45, 2.75) is 26.3 Å². The second-order valence-corrected chi connectivity index (χ2v) is 5.23. The molecule has 0 amide bonds. The number of hydrogen-bond donors (Lipinski definition) is 0. The number of nitrogens with zero attached hydrogens (tertiary/aromatic N) is 1. The van der Waals surface area contributed by atoms with Crippen molar-refractivity contribution in [1.29, 1.82) is 0 Å². The molecule has 1 aliphatic rings. The summed E-state index contributed by atoms with van der Waals surface area (Å²) >= 11 is 0. The van der Waals surface area contributed by atoms with Gasteiger partial charge in [-0.3, -0.25) is 0 Å². The number of hydrogen-bond acceptors (Lipinski definition) is 0. The Kier molecular flexibility index (Phi) is 3.92. The zero-order chi connectivity index (χ0) is 14.7. The summed E-state index contributed by atoms with van der Waals surface area (Å²) in [6, 6.07) is 8.95. The maximum absolute atomic E-state index is 2.43. The average molecular weight is 275 g/mol. The molecule has 0 aliphatic heterocycles. The Balaban J connectivity index is 2.40. The largest absolute Gasteiger partial charge is 0.330 e. The molecule has 0 saturated carbocycles. The lowest BCUT2D eigenvalue weighted by Crippen LogP contribution is -2.30. The van der Waals surface area contributed by atoms with Gasteiger partial charge in [-0.2, -0.15) is 0 Å². The predicted octanol–water partition coefficient (Wildman–Crippen LogP) is 3.86. The third kappa shape index (κ3) is 2.40. The lowest BCUT2D eigenvalue weighted by molar-refractivity contribution is 0.730. The first-order valence-electron chi connectivity index (χ1n) is 7.64. The van der Waals surface area contributed by atoms with Crippen molar-refractivity contribution in [1.82, 2.24) is 4.57 Å². The highest BCUT2D eigenvalue weighted by Crippen LogP contribution is 2.18. The van der Waals surface area contributed by atoms with Crippen LogP contribution in [0.2, 0.25) is 0 Å². The standard InChI is InChI=1S/C20H21N/c1-3-11-17-18-14-9-10-15-20(18)21(19(17)4-2)16-12-7-5-6-8-13-16/h4-16H,3H2,1-2H3/b17-11-,19-4+. The zero-order valence-electron chi connectivity index (χ0n) is 12.7. The van der Waals surface area contributed by atoms with E-state index in [-0.39, 0.29) is 6.04 Å². The highest BCUT2D eigenvalue weighted by molar-refractivity contribution is 5.82. The summed E-state index contributed by atoms with van der Waals surface area (Å²) in [5.74, 6) is 0. The minimum atomic E-state index is 0.259. The highest BCUT2D eigenvalue weighted by atomic mass is 15.0. The third-order valence-electron chi connectivity index (χ3n) is 3.92. The van der Waals surface area contributed by atoms with E-state index in [0.29, 0.717) is 0 Å². The van der Waals surface area contributed by atoms with Crippen molar-refractivity contribution in [3.8, 4) is 0 Å². The summed E-state index contributed by atoms with van der Waals surface area (Å²) in [6.07, 6.45) is 18.5. The van der Waals surface area contributed by atoms with Gasteiger partial charge in [0.2, 0.25) is 0 Å². The van der Waals surface area contributed by atoms with E-state index in [9.17, 15) is 0 Å². The predicted molar refractivity (Wildman–Crippen MR) is 92.5 cm³/mol. The van der Waals surface area contributed by atoms with Crippen LogP contribution in [0, 0.1) is 0 Å². The van der Waals surface area contributed by atoms with E-state index < -0.39 is 0 Å². The number of allylic oxidation sites excluding steroid dienone is 6. The molecular weight excluding hydrogens is 254 g/mol. The smallest absolute Gasteiger partial charge is 0.0712 e. The molecule has 1 aromatic carbocycles. The van der Waals surface area contributed by atoms with Gasteiger partial charge in [0.05, 0.1) is 6.04 Å². The summed E-state index contributed by atoms with van der Waals surface area (Å²) in [5, 5.41) is 4.00. The second-order valence-electron chi connectivity index (χ2n) is 5.23. The van der Waals surface area contributed by atoms with Crippen molar-refractivity contribution in [3.63, 3.8) is 0 Å². The summed E-state index contributed by atoms with van der Waals surface area (Å²) in [5.41, 5.74) is 1.30. The second kappa shape index (κ2) is 6.01. The van der Waals surface area contributed by atoms with E-state index in [1.165, 1.54) is 21.5 Å². The Labute approximate surface area is 125 Å². The Morgan fingerprint density at radius 2 is 1.76 bits per heavy atom. The van der Waals surface area contributed by atoms with Crippen LogP contribution in [0.1, 0.15) is 26.3 Å². The minimum absolute atomic E-state index is 0.259. The first-order chi connectivity index (χ1) is 10.4. The van der Waals surface area contributed by atoms with Crippen molar-refractivity contribution >= 4 is 23.1 Å². The molecule has 0 fully saturated rings. The van der Waals surface area contributed by atoms with Crippen molar-refractivity contribution in [3.05, 3.63) is 71.3 Å². The molecule has 21 heavy (non-hydrogen) atoms. The van der Waals surface area contributed by atoms with Gasteiger partial charge in [0.25, 0.3) is 0 Å². The van der Waals surface area contributed by atoms with Crippen LogP contribution >= 0.6 is 0 Å². The van der Waals surface area contributed by atoms with Crippen LogP contribution in [0.15, 0.2) is 60.7 Å². The normalized spacial score (nSPS) is 17.0. The number of aromatic nitrogens is 1. The monoisotopic (exact) mass is 275 g/mol. The van der Waals surface area contributed by atoms with E-state index >= 15 is 0 Å². The Hall–Kier alpha value is -2.28. The Morgan fingerprint density at radius 3 is 2.43 bits per heavy atom. The van der Waals surface area contributed by atoms with Crippen LogP contribution in [0.3, 0.4) is 0 Å². The Morgan fingerprint density at radius 1 is 1.05 bits per heavy atom. The third-order valence-corrected chi connectivity index (χ3v) is 3.92. The van der Waals surface area contributed by atoms with Crippen LogP contribution in [-0.2, 0) is 0 Å². The SMILES string of the molecule is C/C=c1\c(=C/CC)c2ccccc2n1C1C=CC=CC=C1. The van der Waals surface area contributed by atoms with Crippen molar-refractivity contribution in [2.24, 2.45) is 0 Å². The van der Waals surface area contributed by atoms with Crippen LogP contribution in [-0.4, -0.2) is 4.57 Å². The molecule has 1 aliphatic carbocycles. The molecule has 0 spiro atoms. The summed E-state index contributed by atoms with van der Waals surface area (Å²) < 4.78 is 2.43. The maximum atomic E-state index is 2.43. The molecule has 1 heterocycles. The summed E-state index contributed by atoms with van der Waals surface area (Å²) in [6.45, 7) is 4.32. The molecule has 3 rings (SSSR count). The fourth-order valence-corrected chi connectivity index (χ4v) is 3.06. The first kappa shape index (κ1) is 13.7. The molecular formula is C20H21N. The zero-order valence-corrected chi connectivity index (χ0v) is 12.7.